The first-order chi connectivity index (χ1) is 15.4. The van der Waals surface area contributed by atoms with Gasteiger partial charge in [0.15, 0.2) is 5.75 Å². The van der Waals surface area contributed by atoms with E-state index in [2.05, 4.69) is 26.9 Å². The van der Waals surface area contributed by atoms with Crippen molar-refractivity contribution in [2.75, 3.05) is 43.4 Å². The highest BCUT2D eigenvalue weighted by Crippen LogP contribution is 2.37. The van der Waals surface area contributed by atoms with Crippen molar-refractivity contribution in [1.29, 1.82) is 0 Å². The Bertz CT molecular complexity index is 964. The molecule has 0 bridgehead atoms. The number of nitrogens with one attached hydrogen (secondary N) is 1. The topological polar surface area (TPSA) is 27.7 Å². The molecule has 7 heteroatoms. The van der Waals surface area contributed by atoms with Gasteiger partial charge in [-0.2, -0.15) is 0 Å². The minimum atomic E-state index is -4.78. The number of anilines is 2. The third-order valence-electron chi connectivity index (χ3n) is 5.62. The second-order valence-corrected chi connectivity index (χ2v) is 7.92. The number of rotatable bonds is 6. The molecule has 0 atom stereocenters. The molecule has 0 unspecified atom stereocenters. The molecule has 0 amide bonds. The minimum absolute atomic E-state index is 0.243. The summed E-state index contributed by atoms with van der Waals surface area (Å²) in [5.74, 6) is -0.243. The highest BCUT2D eigenvalue weighted by atomic mass is 19.4. The van der Waals surface area contributed by atoms with E-state index in [9.17, 15) is 13.2 Å². The molecule has 0 aliphatic carbocycles. The summed E-state index contributed by atoms with van der Waals surface area (Å²) in [6.07, 6.45) is -4.78. The number of hydrogen-bond donors (Lipinski definition) is 1. The van der Waals surface area contributed by atoms with Gasteiger partial charge in [-0.3, -0.25) is 0 Å². The summed E-state index contributed by atoms with van der Waals surface area (Å²) in [7, 11) is 2.06. The molecular formula is C25H26F3N3O. The van der Waals surface area contributed by atoms with Crippen LogP contribution in [0.4, 0.5) is 24.5 Å². The average Bonchev–Trinajstić information content (AvgIpc) is 2.79. The fourth-order valence-electron chi connectivity index (χ4n) is 3.91. The van der Waals surface area contributed by atoms with E-state index in [1.165, 1.54) is 6.07 Å². The molecule has 1 aliphatic heterocycles. The monoisotopic (exact) mass is 441 g/mol. The van der Waals surface area contributed by atoms with Crippen LogP contribution in [0.15, 0.2) is 78.9 Å². The summed E-state index contributed by atoms with van der Waals surface area (Å²) in [6.45, 7) is 3.44. The van der Waals surface area contributed by atoms with Crippen molar-refractivity contribution in [3.05, 3.63) is 90.0 Å². The van der Waals surface area contributed by atoms with E-state index in [1.807, 2.05) is 60.7 Å². The van der Waals surface area contributed by atoms with Crippen LogP contribution in [-0.4, -0.2) is 44.5 Å². The van der Waals surface area contributed by atoms with E-state index in [-0.39, 0.29) is 11.8 Å². The van der Waals surface area contributed by atoms with Gasteiger partial charge in [-0.25, -0.2) is 0 Å². The Morgan fingerprint density at radius 1 is 0.812 bits per heavy atom. The molecule has 0 aromatic heterocycles. The predicted molar refractivity (Wildman–Crippen MR) is 121 cm³/mol. The third-order valence-corrected chi connectivity index (χ3v) is 5.62. The van der Waals surface area contributed by atoms with E-state index in [1.54, 1.807) is 12.1 Å². The highest BCUT2D eigenvalue weighted by Gasteiger charge is 2.33. The normalized spacial score (nSPS) is 15.1. The Kier molecular flexibility index (Phi) is 6.55. The van der Waals surface area contributed by atoms with Crippen LogP contribution in [-0.2, 0) is 0 Å². The van der Waals surface area contributed by atoms with E-state index in [0.717, 1.165) is 43.0 Å². The second kappa shape index (κ2) is 9.53. The first-order valence-corrected chi connectivity index (χ1v) is 10.6. The third kappa shape index (κ3) is 5.53. The van der Waals surface area contributed by atoms with Crippen LogP contribution in [0.2, 0.25) is 0 Å². The van der Waals surface area contributed by atoms with Crippen LogP contribution in [0.25, 0.3) is 0 Å². The SMILES string of the molecule is CN1CCN(c2ccc(OC(F)(F)F)c(NC(c3ccccc3)c3ccccc3)c2)CC1. The van der Waals surface area contributed by atoms with E-state index >= 15 is 0 Å². The van der Waals surface area contributed by atoms with Crippen molar-refractivity contribution in [2.24, 2.45) is 0 Å². The van der Waals surface area contributed by atoms with Crippen molar-refractivity contribution < 1.29 is 17.9 Å². The largest absolute Gasteiger partial charge is 0.573 e. The van der Waals surface area contributed by atoms with Crippen molar-refractivity contribution in [1.82, 2.24) is 4.90 Å². The van der Waals surface area contributed by atoms with Crippen molar-refractivity contribution in [3.63, 3.8) is 0 Å². The minimum Gasteiger partial charge on any atom is -0.404 e. The molecule has 4 rings (SSSR count). The van der Waals surface area contributed by atoms with E-state index < -0.39 is 6.36 Å². The molecule has 1 aliphatic rings. The van der Waals surface area contributed by atoms with Gasteiger partial charge in [0.2, 0.25) is 0 Å². The summed E-state index contributed by atoms with van der Waals surface area (Å²) in [6, 6.07) is 23.8. The summed E-state index contributed by atoms with van der Waals surface area (Å²) >= 11 is 0. The van der Waals surface area contributed by atoms with Gasteiger partial charge in [0.25, 0.3) is 0 Å². The summed E-state index contributed by atoms with van der Waals surface area (Å²) in [5, 5.41) is 3.33. The van der Waals surface area contributed by atoms with Gasteiger partial charge >= 0.3 is 6.36 Å². The number of benzene rings is 3. The van der Waals surface area contributed by atoms with Crippen molar-refractivity contribution in [2.45, 2.75) is 12.4 Å². The summed E-state index contributed by atoms with van der Waals surface area (Å²) in [5.41, 5.74) is 3.06. The number of hydrogen-bond acceptors (Lipinski definition) is 4. The Labute approximate surface area is 186 Å². The van der Waals surface area contributed by atoms with E-state index in [4.69, 9.17) is 0 Å². The highest BCUT2D eigenvalue weighted by molar-refractivity contribution is 5.67. The van der Waals surface area contributed by atoms with Gasteiger partial charge in [-0.15, -0.1) is 13.2 Å². The molecule has 0 spiro atoms. The average molecular weight is 441 g/mol. The molecule has 32 heavy (non-hydrogen) atoms. The van der Waals surface area contributed by atoms with E-state index in [0.29, 0.717) is 5.69 Å². The molecule has 0 radical (unpaired) electrons. The van der Waals surface area contributed by atoms with Crippen LogP contribution in [0.1, 0.15) is 17.2 Å². The predicted octanol–water partition coefficient (Wildman–Crippen LogP) is 5.54. The molecule has 3 aromatic carbocycles. The number of alkyl halides is 3. The smallest absolute Gasteiger partial charge is 0.404 e. The van der Waals surface area contributed by atoms with Gasteiger partial charge in [0, 0.05) is 31.9 Å². The molecule has 1 heterocycles. The number of ether oxygens (including phenoxy) is 1. The molecule has 4 nitrogen and oxygen atoms in total. The second-order valence-electron chi connectivity index (χ2n) is 7.92. The quantitative estimate of drug-likeness (QED) is 0.544. The molecule has 1 fully saturated rings. The van der Waals surface area contributed by atoms with Gasteiger partial charge in [-0.05, 0) is 36.4 Å². The zero-order valence-electron chi connectivity index (χ0n) is 17.8. The zero-order chi connectivity index (χ0) is 22.6. The standard InChI is InChI=1S/C25H26F3N3O/c1-30-14-16-31(17-15-30)21-12-13-23(32-25(26,27)28)22(18-21)29-24(19-8-4-2-5-9-19)20-10-6-3-7-11-20/h2-13,18,24,29H,14-17H2,1H3. The van der Waals surface area contributed by atoms with Gasteiger partial charge < -0.3 is 19.9 Å². The lowest BCUT2D eigenvalue weighted by molar-refractivity contribution is -0.274. The Morgan fingerprint density at radius 3 is 1.91 bits per heavy atom. The van der Waals surface area contributed by atoms with Crippen LogP contribution in [0, 0.1) is 0 Å². The Hall–Kier alpha value is -3.19. The van der Waals surface area contributed by atoms with Crippen molar-refractivity contribution in [3.8, 4) is 5.75 Å². The fourth-order valence-corrected chi connectivity index (χ4v) is 3.91. The fraction of sp³-hybridized carbons (Fsp3) is 0.280. The van der Waals surface area contributed by atoms with Crippen LogP contribution >= 0.6 is 0 Å². The van der Waals surface area contributed by atoms with Crippen LogP contribution < -0.4 is 15.0 Å². The Morgan fingerprint density at radius 2 is 1.38 bits per heavy atom. The van der Waals surface area contributed by atoms with Crippen molar-refractivity contribution >= 4 is 11.4 Å². The first kappa shape index (κ1) is 22.0. The molecule has 0 saturated carbocycles. The molecule has 3 aromatic rings. The summed E-state index contributed by atoms with van der Waals surface area (Å²) < 4.78 is 43.8. The lowest BCUT2D eigenvalue weighted by atomic mass is 9.98. The number of nitrogens with zero attached hydrogens (tertiary/aromatic N) is 2. The van der Waals surface area contributed by atoms with Gasteiger partial charge in [-0.1, -0.05) is 60.7 Å². The van der Waals surface area contributed by atoms with Crippen LogP contribution in [0.5, 0.6) is 5.75 Å². The maximum Gasteiger partial charge on any atom is 0.573 e. The van der Waals surface area contributed by atoms with Crippen LogP contribution in [0.3, 0.4) is 0 Å². The van der Waals surface area contributed by atoms with Gasteiger partial charge in [0.1, 0.15) is 0 Å². The first-order valence-electron chi connectivity index (χ1n) is 10.6. The number of likely N-dealkylation sites (N-methyl/N-ethyl adjacent to an activating group) is 1. The molecule has 168 valence electrons. The zero-order valence-corrected chi connectivity index (χ0v) is 17.8. The maximum atomic E-state index is 13.1. The lowest BCUT2D eigenvalue weighted by Crippen LogP contribution is -2.44. The number of piperazine rings is 1. The molecule has 1 saturated heterocycles. The Balaban J connectivity index is 1.71. The lowest BCUT2D eigenvalue weighted by Gasteiger charge is -2.34. The maximum absolute atomic E-state index is 13.1. The molecule has 1 N–H and O–H groups in total. The number of halogens is 3. The molecular weight excluding hydrogens is 415 g/mol. The summed E-state index contributed by atoms with van der Waals surface area (Å²) in [4.78, 5) is 4.42. The van der Waals surface area contributed by atoms with Gasteiger partial charge in [0.05, 0.1) is 11.7 Å².